The van der Waals surface area contributed by atoms with Crippen molar-refractivity contribution in [3.63, 3.8) is 0 Å². The maximum atomic E-state index is 12.3. The van der Waals surface area contributed by atoms with Crippen molar-refractivity contribution in [3.05, 3.63) is 79.8 Å². The molecule has 4 rings (SSSR count). The Morgan fingerprint density at radius 2 is 1.93 bits per heavy atom. The molecule has 3 aromatic rings. The summed E-state index contributed by atoms with van der Waals surface area (Å²) < 4.78 is 6.68. The Bertz CT molecular complexity index is 1140. The molecule has 1 N–H and O–H groups in total. The molecule has 1 aliphatic heterocycles. The fourth-order valence-electron chi connectivity index (χ4n) is 2.52. The van der Waals surface area contributed by atoms with Crippen molar-refractivity contribution in [2.45, 2.75) is 0 Å². The smallest absolute Gasteiger partial charge is 0.264 e. The number of benzene rings is 2. The van der Waals surface area contributed by atoms with Gasteiger partial charge in [0.1, 0.15) is 11.5 Å². The first-order valence-electron chi connectivity index (χ1n) is 8.09. The molecule has 1 saturated heterocycles. The lowest BCUT2D eigenvalue weighted by atomic mass is 10.2. The second-order valence-electron chi connectivity index (χ2n) is 5.76. The van der Waals surface area contributed by atoms with Gasteiger partial charge in [0.25, 0.3) is 5.91 Å². The number of nitrogens with one attached hydrogen (secondary N) is 1. The van der Waals surface area contributed by atoms with E-state index in [1.54, 1.807) is 36.4 Å². The van der Waals surface area contributed by atoms with Crippen molar-refractivity contribution < 1.29 is 9.21 Å². The van der Waals surface area contributed by atoms with E-state index in [-0.39, 0.29) is 5.91 Å². The van der Waals surface area contributed by atoms with Crippen LogP contribution in [-0.4, -0.2) is 11.1 Å². The van der Waals surface area contributed by atoms with Crippen LogP contribution < -0.4 is 5.32 Å². The lowest BCUT2D eigenvalue weighted by Crippen LogP contribution is -2.19. The molecule has 0 atom stereocenters. The second-order valence-corrected chi connectivity index (χ2v) is 8.49. The summed E-state index contributed by atoms with van der Waals surface area (Å²) in [6.45, 7) is 0. The molecule has 0 aliphatic carbocycles. The highest BCUT2D eigenvalue weighted by Crippen LogP contribution is 2.34. The molecule has 0 spiro atoms. The highest BCUT2D eigenvalue weighted by atomic mass is 79.9. The van der Waals surface area contributed by atoms with Crippen LogP contribution in [0.3, 0.4) is 0 Å². The zero-order valence-electron chi connectivity index (χ0n) is 14.1. The van der Waals surface area contributed by atoms with Crippen molar-refractivity contribution in [2.24, 2.45) is 4.99 Å². The summed E-state index contributed by atoms with van der Waals surface area (Å²) in [6, 6.07) is 16.3. The molecule has 2 heterocycles. The number of rotatable bonds is 3. The number of amidine groups is 1. The van der Waals surface area contributed by atoms with Gasteiger partial charge in [0.05, 0.1) is 15.6 Å². The Morgan fingerprint density at radius 3 is 2.75 bits per heavy atom. The highest BCUT2D eigenvalue weighted by Gasteiger charge is 2.24. The van der Waals surface area contributed by atoms with Crippen LogP contribution in [-0.2, 0) is 4.79 Å². The molecule has 8 heteroatoms. The molecule has 0 saturated carbocycles. The van der Waals surface area contributed by atoms with Crippen LogP contribution >= 0.6 is 50.9 Å². The Hall–Kier alpha value is -1.99. The zero-order valence-corrected chi connectivity index (χ0v) is 18.0. The first kappa shape index (κ1) is 19.3. The minimum absolute atomic E-state index is 0.227. The Kier molecular flexibility index (Phi) is 5.64. The zero-order chi connectivity index (χ0) is 19.7. The molecule has 1 aromatic heterocycles. The number of amides is 1. The third kappa shape index (κ3) is 4.20. The van der Waals surface area contributed by atoms with E-state index in [1.165, 1.54) is 11.8 Å². The summed E-state index contributed by atoms with van der Waals surface area (Å²) in [7, 11) is 0. The number of hydrogen-bond acceptors (Lipinski definition) is 4. The molecule has 140 valence electrons. The predicted molar refractivity (Wildman–Crippen MR) is 119 cm³/mol. The first-order valence-corrected chi connectivity index (χ1v) is 10.5. The fraction of sp³-hybridized carbons (Fsp3) is 0. The number of thioether (sulfide) groups is 1. The van der Waals surface area contributed by atoms with Crippen molar-refractivity contribution in [2.75, 3.05) is 0 Å². The molecule has 0 radical (unpaired) electrons. The van der Waals surface area contributed by atoms with Crippen LogP contribution in [0.4, 0.5) is 5.69 Å². The maximum Gasteiger partial charge on any atom is 0.264 e. The molecule has 1 aliphatic rings. The summed E-state index contributed by atoms with van der Waals surface area (Å²) in [5.74, 6) is 0.880. The van der Waals surface area contributed by atoms with E-state index in [0.29, 0.717) is 37.2 Å². The van der Waals surface area contributed by atoms with E-state index in [4.69, 9.17) is 27.6 Å². The molecule has 1 fully saturated rings. The monoisotopic (exact) mass is 492 g/mol. The molecule has 1 amide bonds. The normalized spacial score (nSPS) is 16.8. The Labute approximate surface area is 183 Å². The number of halogens is 3. The molecular formula is C20H11BrCl2N2O2S. The molecule has 28 heavy (non-hydrogen) atoms. The van der Waals surface area contributed by atoms with E-state index in [2.05, 4.69) is 26.2 Å². The van der Waals surface area contributed by atoms with Crippen LogP contribution in [0.2, 0.25) is 10.0 Å². The van der Waals surface area contributed by atoms with Gasteiger partial charge in [-0.05, 0) is 70.2 Å². The van der Waals surface area contributed by atoms with Gasteiger partial charge in [-0.15, -0.1) is 0 Å². The van der Waals surface area contributed by atoms with Gasteiger partial charge in [-0.2, -0.15) is 0 Å². The topological polar surface area (TPSA) is 54.6 Å². The van der Waals surface area contributed by atoms with Gasteiger partial charge in [-0.1, -0.05) is 35.3 Å². The van der Waals surface area contributed by atoms with Crippen LogP contribution in [0.25, 0.3) is 17.4 Å². The summed E-state index contributed by atoms with van der Waals surface area (Å²) in [5.41, 5.74) is 1.43. The number of furan rings is 1. The number of aliphatic imine (C=N–C) groups is 1. The fourth-order valence-corrected chi connectivity index (χ4v) is 4.09. The third-order valence-electron chi connectivity index (χ3n) is 3.82. The van der Waals surface area contributed by atoms with Gasteiger partial charge >= 0.3 is 0 Å². The van der Waals surface area contributed by atoms with Crippen LogP contribution in [0.5, 0.6) is 0 Å². The molecule has 2 aromatic carbocycles. The molecular weight excluding hydrogens is 483 g/mol. The average molecular weight is 494 g/mol. The van der Waals surface area contributed by atoms with Crippen molar-refractivity contribution in [1.29, 1.82) is 0 Å². The maximum absolute atomic E-state index is 12.3. The summed E-state index contributed by atoms with van der Waals surface area (Å²) in [4.78, 5) is 17.2. The lowest BCUT2D eigenvalue weighted by molar-refractivity contribution is -0.115. The van der Waals surface area contributed by atoms with Gasteiger partial charge < -0.3 is 9.73 Å². The van der Waals surface area contributed by atoms with Gasteiger partial charge in [-0.3, -0.25) is 4.79 Å². The number of carbonyl (C=O) groups excluding carboxylic acids is 1. The Balaban J connectivity index is 1.58. The number of hydrogen-bond donors (Lipinski definition) is 1. The molecule has 0 unspecified atom stereocenters. The first-order chi connectivity index (χ1) is 13.5. The van der Waals surface area contributed by atoms with Crippen molar-refractivity contribution >= 4 is 73.7 Å². The average Bonchev–Trinajstić information content (AvgIpc) is 3.26. The van der Waals surface area contributed by atoms with E-state index in [1.807, 2.05) is 24.3 Å². The van der Waals surface area contributed by atoms with E-state index in [9.17, 15) is 4.79 Å². The van der Waals surface area contributed by atoms with Gasteiger partial charge in [0.15, 0.2) is 5.17 Å². The molecule has 0 bridgehead atoms. The summed E-state index contributed by atoms with van der Waals surface area (Å²) >= 11 is 17.0. The second kappa shape index (κ2) is 8.17. The lowest BCUT2D eigenvalue weighted by Gasteiger charge is -2.01. The quantitative estimate of drug-likeness (QED) is 0.403. The van der Waals surface area contributed by atoms with Gasteiger partial charge in [0.2, 0.25) is 0 Å². The Morgan fingerprint density at radius 1 is 1.11 bits per heavy atom. The number of nitrogens with zero attached hydrogens (tertiary/aromatic N) is 1. The largest absolute Gasteiger partial charge is 0.457 e. The highest BCUT2D eigenvalue weighted by molar-refractivity contribution is 9.10. The minimum atomic E-state index is -0.227. The minimum Gasteiger partial charge on any atom is -0.457 e. The summed E-state index contributed by atoms with van der Waals surface area (Å²) in [5, 5.41) is 4.37. The van der Waals surface area contributed by atoms with E-state index >= 15 is 0 Å². The standard InChI is InChI=1S/C20H11BrCl2N2O2S/c21-14-3-1-2-4-16(14)24-20-25-19(26)18(28-20)10-12-6-8-17(27-12)13-9-11(22)5-7-15(13)23/h1-10H,(H,24,25,26)/b18-10+. The van der Waals surface area contributed by atoms with Gasteiger partial charge in [0, 0.05) is 21.1 Å². The van der Waals surface area contributed by atoms with Crippen LogP contribution in [0.1, 0.15) is 5.76 Å². The van der Waals surface area contributed by atoms with Crippen LogP contribution in [0, 0.1) is 0 Å². The third-order valence-corrected chi connectivity index (χ3v) is 5.96. The van der Waals surface area contributed by atoms with E-state index < -0.39 is 0 Å². The SMILES string of the molecule is O=C1NC(=Nc2ccccc2Br)S/C1=C/c1ccc(-c2cc(Cl)ccc2Cl)o1. The number of carbonyl (C=O) groups is 1. The van der Waals surface area contributed by atoms with Gasteiger partial charge in [-0.25, -0.2) is 4.99 Å². The van der Waals surface area contributed by atoms with Crippen molar-refractivity contribution in [1.82, 2.24) is 5.32 Å². The molecule has 4 nitrogen and oxygen atoms in total. The van der Waals surface area contributed by atoms with Crippen molar-refractivity contribution in [3.8, 4) is 11.3 Å². The summed E-state index contributed by atoms with van der Waals surface area (Å²) in [6.07, 6.45) is 1.67. The van der Waals surface area contributed by atoms with Crippen LogP contribution in [0.15, 0.2) is 73.4 Å². The van der Waals surface area contributed by atoms with E-state index in [0.717, 1.165) is 10.2 Å². The predicted octanol–water partition coefficient (Wildman–Crippen LogP) is 6.91. The number of para-hydroxylation sites is 1.